The monoisotopic (exact) mass is 635 g/mol. The third-order valence-electron chi connectivity index (χ3n) is 5.53. The van der Waals surface area contributed by atoms with Crippen molar-refractivity contribution in [2.75, 3.05) is 24.2 Å². The largest absolute Gasteiger partial charge is 0.357 e. The quantitative estimate of drug-likeness (QED) is 0.358. The predicted octanol–water partition coefficient (Wildman–Crippen LogP) is 4.36. The minimum absolute atomic E-state index is 0.124. The number of halogens is 2. The molecule has 0 bridgehead atoms. The number of carbonyl (C=O) groups excluding carboxylic acids is 2. The number of hydrogen-bond acceptors (Lipinski definition) is 4. The summed E-state index contributed by atoms with van der Waals surface area (Å²) in [6.07, 6.45) is 1.33. The van der Waals surface area contributed by atoms with E-state index in [1.165, 1.54) is 11.9 Å². The fourth-order valence-corrected chi connectivity index (χ4v) is 5.47. The Morgan fingerprint density at radius 1 is 0.889 bits per heavy atom. The van der Waals surface area contributed by atoms with Gasteiger partial charge in [0.25, 0.3) is 0 Å². The molecule has 3 rings (SSSR count). The summed E-state index contributed by atoms with van der Waals surface area (Å²) in [6, 6.07) is 22.7. The lowest BCUT2D eigenvalue weighted by atomic mass is 10.0. The van der Waals surface area contributed by atoms with E-state index in [1.54, 1.807) is 24.3 Å². The van der Waals surface area contributed by atoms with E-state index in [0.29, 0.717) is 10.2 Å². The average molecular weight is 637 g/mol. The summed E-state index contributed by atoms with van der Waals surface area (Å²) < 4.78 is 28.0. The third kappa shape index (κ3) is 7.65. The molecule has 0 aromatic heterocycles. The number of carbonyl (C=O) groups is 2. The van der Waals surface area contributed by atoms with Gasteiger partial charge in [0.15, 0.2) is 0 Å². The number of rotatable bonds is 10. The summed E-state index contributed by atoms with van der Waals surface area (Å²) in [5, 5.41) is 2.66. The van der Waals surface area contributed by atoms with Crippen molar-refractivity contribution in [1.82, 2.24) is 10.2 Å². The Hall–Kier alpha value is -2.69. The van der Waals surface area contributed by atoms with Crippen LogP contribution in [0, 0.1) is 0 Å². The van der Waals surface area contributed by atoms with Crippen LogP contribution in [0.4, 0.5) is 5.69 Å². The SMILES string of the molecule is CNC(=O)C(Cc1ccccc1)N(Cc1cccc(Br)c1)C(=O)CN(c1cccc(Br)c1)S(C)(=O)=O. The minimum atomic E-state index is -3.80. The van der Waals surface area contributed by atoms with E-state index in [2.05, 4.69) is 37.2 Å². The number of amides is 2. The van der Waals surface area contributed by atoms with Gasteiger partial charge in [0.2, 0.25) is 21.8 Å². The van der Waals surface area contributed by atoms with Gasteiger partial charge in [-0.25, -0.2) is 8.42 Å². The first-order valence-electron chi connectivity index (χ1n) is 11.1. The molecule has 0 spiro atoms. The van der Waals surface area contributed by atoms with E-state index in [9.17, 15) is 18.0 Å². The Labute approximate surface area is 228 Å². The fraction of sp³-hybridized carbons (Fsp3) is 0.231. The fourth-order valence-electron chi connectivity index (χ4n) is 3.80. The Bertz CT molecular complexity index is 1320. The number of benzene rings is 3. The van der Waals surface area contributed by atoms with Crippen LogP contribution in [0.15, 0.2) is 87.8 Å². The van der Waals surface area contributed by atoms with Crippen LogP contribution in [0.1, 0.15) is 11.1 Å². The number of anilines is 1. The van der Waals surface area contributed by atoms with Crippen molar-refractivity contribution in [3.63, 3.8) is 0 Å². The van der Waals surface area contributed by atoms with Gasteiger partial charge in [0.1, 0.15) is 12.6 Å². The number of nitrogens with zero attached hydrogens (tertiary/aromatic N) is 2. The highest BCUT2D eigenvalue weighted by Gasteiger charge is 2.32. The molecule has 190 valence electrons. The van der Waals surface area contributed by atoms with Gasteiger partial charge in [-0.2, -0.15) is 0 Å². The Balaban J connectivity index is 2.03. The molecular weight excluding hydrogens is 610 g/mol. The van der Waals surface area contributed by atoms with Gasteiger partial charge >= 0.3 is 0 Å². The van der Waals surface area contributed by atoms with Crippen LogP contribution >= 0.6 is 31.9 Å². The molecule has 2 amide bonds. The molecule has 0 aliphatic rings. The summed E-state index contributed by atoms with van der Waals surface area (Å²) in [6.45, 7) is -0.329. The van der Waals surface area contributed by atoms with Crippen molar-refractivity contribution in [1.29, 1.82) is 0 Å². The molecule has 1 atom stereocenters. The molecule has 0 aliphatic carbocycles. The van der Waals surface area contributed by atoms with Crippen LogP contribution in [0.5, 0.6) is 0 Å². The molecule has 1 unspecified atom stereocenters. The molecule has 0 aliphatic heterocycles. The number of hydrogen-bond donors (Lipinski definition) is 1. The first-order chi connectivity index (χ1) is 17.1. The molecule has 3 aromatic rings. The lowest BCUT2D eigenvalue weighted by Crippen LogP contribution is -2.52. The zero-order chi connectivity index (χ0) is 26.3. The third-order valence-corrected chi connectivity index (χ3v) is 7.66. The minimum Gasteiger partial charge on any atom is -0.357 e. The maximum absolute atomic E-state index is 13.8. The highest BCUT2D eigenvalue weighted by Crippen LogP contribution is 2.24. The summed E-state index contributed by atoms with van der Waals surface area (Å²) >= 11 is 6.81. The lowest BCUT2D eigenvalue weighted by Gasteiger charge is -2.33. The second-order valence-corrected chi connectivity index (χ2v) is 12.0. The number of nitrogens with one attached hydrogen (secondary N) is 1. The maximum atomic E-state index is 13.8. The summed E-state index contributed by atoms with van der Waals surface area (Å²) in [5.41, 5.74) is 2.03. The maximum Gasteiger partial charge on any atom is 0.244 e. The smallest absolute Gasteiger partial charge is 0.244 e. The van der Waals surface area contributed by atoms with Gasteiger partial charge in [-0.15, -0.1) is 0 Å². The molecule has 0 radical (unpaired) electrons. The van der Waals surface area contributed by atoms with Gasteiger partial charge in [0, 0.05) is 29.0 Å². The molecular formula is C26H27Br2N3O4S. The molecule has 7 nitrogen and oxygen atoms in total. The van der Waals surface area contributed by atoms with E-state index in [4.69, 9.17) is 0 Å². The molecule has 0 fully saturated rings. The van der Waals surface area contributed by atoms with Crippen molar-refractivity contribution >= 4 is 59.4 Å². The summed E-state index contributed by atoms with van der Waals surface area (Å²) in [7, 11) is -2.28. The average Bonchev–Trinajstić information content (AvgIpc) is 2.84. The van der Waals surface area contributed by atoms with Crippen molar-refractivity contribution in [2.24, 2.45) is 0 Å². The zero-order valence-electron chi connectivity index (χ0n) is 19.9. The van der Waals surface area contributed by atoms with Crippen molar-refractivity contribution in [2.45, 2.75) is 19.0 Å². The van der Waals surface area contributed by atoms with Crippen LogP contribution in [-0.2, 0) is 32.6 Å². The Kier molecular flexibility index (Phi) is 9.69. The van der Waals surface area contributed by atoms with Crippen LogP contribution in [0.25, 0.3) is 0 Å². The first-order valence-corrected chi connectivity index (χ1v) is 14.5. The lowest BCUT2D eigenvalue weighted by molar-refractivity contribution is -0.139. The van der Waals surface area contributed by atoms with Crippen molar-refractivity contribution < 1.29 is 18.0 Å². The molecule has 36 heavy (non-hydrogen) atoms. The highest BCUT2D eigenvalue weighted by atomic mass is 79.9. The van der Waals surface area contributed by atoms with Gasteiger partial charge in [-0.05, 0) is 41.5 Å². The standard InChI is InChI=1S/C26H27Br2N3O4S/c1-29-26(33)24(15-19-8-4-3-5-9-19)30(17-20-10-6-11-21(27)14-20)25(32)18-31(36(2,34)35)23-13-7-12-22(28)16-23/h3-14,16,24H,15,17-18H2,1-2H3,(H,29,33). The van der Waals surface area contributed by atoms with Gasteiger partial charge in [-0.3, -0.25) is 13.9 Å². The molecule has 3 aromatic carbocycles. The second kappa shape index (κ2) is 12.5. The topological polar surface area (TPSA) is 86.8 Å². The van der Waals surface area contributed by atoms with Crippen molar-refractivity contribution in [3.05, 3.63) is 98.9 Å². The molecule has 1 N–H and O–H groups in total. The Morgan fingerprint density at radius 2 is 1.50 bits per heavy atom. The van der Waals surface area contributed by atoms with E-state index < -0.39 is 28.5 Å². The number of likely N-dealkylation sites (N-methyl/N-ethyl adjacent to an activating group) is 1. The van der Waals surface area contributed by atoms with Crippen LogP contribution in [0.2, 0.25) is 0 Å². The normalized spacial score (nSPS) is 12.0. The summed E-state index contributed by atoms with van der Waals surface area (Å²) in [5.74, 6) is -0.833. The van der Waals surface area contributed by atoms with Gasteiger partial charge < -0.3 is 10.2 Å². The highest BCUT2D eigenvalue weighted by molar-refractivity contribution is 9.10. The molecule has 10 heteroatoms. The molecule has 0 saturated heterocycles. The first kappa shape index (κ1) is 27.9. The summed E-state index contributed by atoms with van der Waals surface area (Å²) in [4.78, 5) is 28.3. The van der Waals surface area contributed by atoms with Gasteiger partial charge in [0.05, 0.1) is 11.9 Å². The zero-order valence-corrected chi connectivity index (χ0v) is 23.9. The van der Waals surface area contributed by atoms with Crippen molar-refractivity contribution in [3.8, 4) is 0 Å². The predicted molar refractivity (Wildman–Crippen MR) is 149 cm³/mol. The second-order valence-electron chi connectivity index (χ2n) is 8.22. The van der Waals surface area contributed by atoms with E-state index in [-0.39, 0.29) is 18.9 Å². The van der Waals surface area contributed by atoms with E-state index >= 15 is 0 Å². The van der Waals surface area contributed by atoms with Crippen LogP contribution < -0.4 is 9.62 Å². The van der Waals surface area contributed by atoms with Crippen LogP contribution in [-0.4, -0.2) is 51.0 Å². The van der Waals surface area contributed by atoms with E-state index in [1.807, 2.05) is 54.6 Å². The number of sulfonamides is 1. The van der Waals surface area contributed by atoms with Crippen LogP contribution in [0.3, 0.4) is 0 Å². The Morgan fingerprint density at radius 3 is 2.08 bits per heavy atom. The molecule has 0 saturated carbocycles. The molecule has 0 heterocycles. The van der Waals surface area contributed by atoms with Gasteiger partial charge in [-0.1, -0.05) is 80.4 Å². The van der Waals surface area contributed by atoms with E-state index in [0.717, 1.165) is 26.2 Å².